The van der Waals surface area contributed by atoms with Gasteiger partial charge in [-0.15, -0.1) is 0 Å². The van der Waals surface area contributed by atoms with Gasteiger partial charge >= 0.3 is 0 Å². The minimum atomic E-state index is -0.189. The van der Waals surface area contributed by atoms with Crippen LogP contribution >= 0.6 is 0 Å². The molecule has 0 rings (SSSR count). The molecular weight excluding hydrogens is 256 g/mol. The Labute approximate surface area is 134 Å². The van der Waals surface area contributed by atoms with Gasteiger partial charge in [-0.05, 0) is 29.6 Å². The molecule has 0 fully saturated rings. The zero-order valence-electron chi connectivity index (χ0n) is 16.0. The van der Waals surface area contributed by atoms with Crippen LogP contribution in [0.25, 0.3) is 0 Å². The highest BCUT2D eigenvalue weighted by atomic mass is 16.3. The van der Waals surface area contributed by atoms with Crippen molar-refractivity contribution >= 4 is 0 Å². The molecule has 2 unspecified atom stereocenters. The molecule has 0 spiro atoms. The monoisotopic (exact) mass is 298 g/mol. The first-order chi connectivity index (χ1) is 9.79. The van der Waals surface area contributed by atoms with Crippen LogP contribution in [0.1, 0.15) is 106 Å². The van der Waals surface area contributed by atoms with Gasteiger partial charge in [-0.2, -0.15) is 0 Å². The standard InChI is InChI=1S/C20H42O/c1-8-12-14-16-20(10-3,11-4)17(15-13-9-2)18(21)19(5,6)7/h17-18,21H,8-16H2,1-7H3. The molecule has 0 amide bonds. The Morgan fingerprint density at radius 3 is 1.71 bits per heavy atom. The minimum absolute atomic E-state index is 0.0151. The van der Waals surface area contributed by atoms with Gasteiger partial charge in [0.1, 0.15) is 0 Å². The predicted octanol–water partition coefficient (Wildman–Crippen LogP) is 6.59. The number of hydrogen-bond acceptors (Lipinski definition) is 1. The van der Waals surface area contributed by atoms with E-state index in [0.717, 1.165) is 0 Å². The van der Waals surface area contributed by atoms with Gasteiger partial charge in [0.15, 0.2) is 0 Å². The molecule has 0 saturated heterocycles. The van der Waals surface area contributed by atoms with Crippen molar-refractivity contribution in [3.05, 3.63) is 0 Å². The van der Waals surface area contributed by atoms with Gasteiger partial charge in [0.25, 0.3) is 0 Å². The van der Waals surface area contributed by atoms with Crippen LogP contribution in [0.15, 0.2) is 0 Å². The van der Waals surface area contributed by atoms with Crippen molar-refractivity contribution in [1.29, 1.82) is 0 Å². The predicted molar refractivity (Wildman–Crippen MR) is 95.6 cm³/mol. The van der Waals surface area contributed by atoms with Crippen molar-refractivity contribution in [3.8, 4) is 0 Å². The summed E-state index contributed by atoms with van der Waals surface area (Å²) >= 11 is 0. The molecule has 1 nitrogen and oxygen atoms in total. The molecule has 0 radical (unpaired) electrons. The summed E-state index contributed by atoms with van der Waals surface area (Å²) < 4.78 is 0. The first-order valence-electron chi connectivity index (χ1n) is 9.47. The van der Waals surface area contributed by atoms with Crippen LogP contribution in [0.3, 0.4) is 0 Å². The maximum absolute atomic E-state index is 11.0. The summed E-state index contributed by atoms with van der Waals surface area (Å²) in [6, 6.07) is 0. The fourth-order valence-corrected chi connectivity index (χ4v) is 3.87. The van der Waals surface area contributed by atoms with Gasteiger partial charge in [-0.1, -0.05) is 93.4 Å². The fraction of sp³-hybridized carbons (Fsp3) is 1.00. The van der Waals surface area contributed by atoms with E-state index in [-0.39, 0.29) is 11.5 Å². The van der Waals surface area contributed by atoms with E-state index in [1.165, 1.54) is 57.8 Å². The van der Waals surface area contributed by atoms with E-state index in [0.29, 0.717) is 11.3 Å². The molecule has 0 aliphatic rings. The zero-order valence-corrected chi connectivity index (χ0v) is 16.0. The van der Waals surface area contributed by atoms with Crippen molar-refractivity contribution in [3.63, 3.8) is 0 Å². The van der Waals surface area contributed by atoms with Gasteiger partial charge in [-0.3, -0.25) is 0 Å². The molecule has 0 aliphatic carbocycles. The summed E-state index contributed by atoms with van der Waals surface area (Å²) in [4.78, 5) is 0. The Hall–Kier alpha value is -0.0400. The van der Waals surface area contributed by atoms with Crippen LogP contribution in [0.5, 0.6) is 0 Å². The highest BCUT2D eigenvalue weighted by Gasteiger charge is 2.42. The smallest absolute Gasteiger partial charge is 0.0621 e. The molecule has 0 bridgehead atoms. The van der Waals surface area contributed by atoms with Crippen molar-refractivity contribution in [2.75, 3.05) is 0 Å². The Bertz CT molecular complexity index is 247. The van der Waals surface area contributed by atoms with Crippen LogP contribution in [-0.4, -0.2) is 11.2 Å². The second-order valence-electron chi connectivity index (χ2n) is 8.09. The fourth-order valence-electron chi connectivity index (χ4n) is 3.87. The Morgan fingerprint density at radius 2 is 1.33 bits per heavy atom. The number of hydrogen-bond donors (Lipinski definition) is 1. The number of aliphatic hydroxyl groups excluding tert-OH is 1. The molecular formula is C20H42O. The van der Waals surface area contributed by atoms with Crippen molar-refractivity contribution in [2.24, 2.45) is 16.7 Å². The van der Waals surface area contributed by atoms with E-state index in [1.807, 2.05) is 0 Å². The Kier molecular flexibility index (Phi) is 9.85. The third-order valence-electron chi connectivity index (χ3n) is 5.61. The van der Waals surface area contributed by atoms with Gasteiger partial charge < -0.3 is 5.11 Å². The third-order valence-corrected chi connectivity index (χ3v) is 5.61. The Balaban J connectivity index is 5.25. The number of aliphatic hydroxyl groups is 1. The maximum Gasteiger partial charge on any atom is 0.0621 e. The van der Waals surface area contributed by atoms with Crippen LogP contribution < -0.4 is 0 Å². The molecule has 1 N–H and O–H groups in total. The second-order valence-corrected chi connectivity index (χ2v) is 8.09. The topological polar surface area (TPSA) is 20.2 Å². The van der Waals surface area contributed by atoms with Gasteiger partial charge in [0.2, 0.25) is 0 Å². The van der Waals surface area contributed by atoms with E-state index in [4.69, 9.17) is 0 Å². The van der Waals surface area contributed by atoms with Crippen LogP contribution in [0.2, 0.25) is 0 Å². The lowest BCUT2D eigenvalue weighted by molar-refractivity contribution is -0.0600. The zero-order chi connectivity index (χ0) is 16.5. The summed E-state index contributed by atoms with van der Waals surface area (Å²) in [5.41, 5.74) is 0.315. The van der Waals surface area contributed by atoms with E-state index < -0.39 is 0 Å². The first-order valence-corrected chi connectivity index (χ1v) is 9.47. The highest BCUT2D eigenvalue weighted by molar-refractivity contribution is 4.92. The molecule has 0 heterocycles. The van der Waals surface area contributed by atoms with Gasteiger partial charge in [-0.25, -0.2) is 0 Å². The van der Waals surface area contributed by atoms with Crippen molar-refractivity contribution in [2.45, 2.75) is 112 Å². The van der Waals surface area contributed by atoms with E-state index in [9.17, 15) is 5.11 Å². The van der Waals surface area contributed by atoms with Gasteiger partial charge in [0.05, 0.1) is 6.10 Å². The van der Waals surface area contributed by atoms with Gasteiger partial charge in [0, 0.05) is 0 Å². The molecule has 0 saturated carbocycles. The molecule has 2 atom stereocenters. The van der Waals surface area contributed by atoms with Crippen molar-refractivity contribution < 1.29 is 5.11 Å². The molecule has 0 aromatic carbocycles. The normalized spacial score (nSPS) is 16.0. The van der Waals surface area contributed by atoms with E-state index in [2.05, 4.69) is 48.5 Å². The molecule has 1 heteroatoms. The maximum atomic E-state index is 11.0. The SMILES string of the molecule is CCCCCC(CC)(CC)C(CCCC)C(O)C(C)(C)C. The quantitative estimate of drug-likeness (QED) is 0.427. The van der Waals surface area contributed by atoms with Crippen LogP contribution in [0, 0.1) is 16.7 Å². The lowest BCUT2D eigenvalue weighted by Crippen LogP contribution is -2.44. The number of unbranched alkanes of at least 4 members (excludes halogenated alkanes) is 3. The van der Waals surface area contributed by atoms with Crippen LogP contribution in [-0.2, 0) is 0 Å². The molecule has 0 aromatic rings. The highest BCUT2D eigenvalue weighted by Crippen LogP contribution is 2.47. The van der Waals surface area contributed by atoms with E-state index in [1.54, 1.807) is 0 Å². The summed E-state index contributed by atoms with van der Waals surface area (Å²) in [7, 11) is 0. The summed E-state index contributed by atoms with van der Waals surface area (Å²) in [6.45, 7) is 15.8. The average Bonchev–Trinajstić information content (AvgIpc) is 2.44. The minimum Gasteiger partial charge on any atom is -0.392 e. The lowest BCUT2D eigenvalue weighted by Gasteiger charge is -2.46. The summed E-state index contributed by atoms with van der Waals surface area (Å²) in [5, 5.41) is 11.0. The molecule has 0 aromatic heterocycles. The average molecular weight is 299 g/mol. The number of rotatable bonds is 11. The van der Waals surface area contributed by atoms with E-state index >= 15 is 0 Å². The summed E-state index contributed by atoms with van der Waals surface area (Å²) in [6.07, 6.45) is 11.1. The van der Waals surface area contributed by atoms with Crippen molar-refractivity contribution in [1.82, 2.24) is 0 Å². The third kappa shape index (κ3) is 6.30. The van der Waals surface area contributed by atoms with Crippen LogP contribution in [0.4, 0.5) is 0 Å². The molecule has 0 aliphatic heterocycles. The lowest BCUT2D eigenvalue weighted by atomic mass is 9.61. The summed E-state index contributed by atoms with van der Waals surface area (Å²) in [5.74, 6) is 0.448. The largest absolute Gasteiger partial charge is 0.392 e. The second kappa shape index (κ2) is 9.87. The molecule has 128 valence electrons. The first kappa shape index (κ1) is 21.0. The molecule has 21 heavy (non-hydrogen) atoms. The Morgan fingerprint density at radius 1 is 0.810 bits per heavy atom.